The van der Waals surface area contributed by atoms with Crippen molar-refractivity contribution in [2.45, 2.75) is 24.1 Å². The minimum absolute atomic E-state index is 0.00347. The van der Waals surface area contributed by atoms with Crippen LogP contribution in [0, 0.1) is 11.3 Å². The number of amides is 1. The van der Waals surface area contributed by atoms with Crippen molar-refractivity contribution in [1.82, 2.24) is 9.80 Å². The lowest BCUT2D eigenvalue weighted by molar-refractivity contribution is -0.126. The molecule has 0 saturated carbocycles. The predicted molar refractivity (Wildman–Crippen MR) is 156 cm³/mol. The number of nitrogens with one attached hydrogen (secondary N) is 1. The Balaban J connectivity index is 1.48. The number of aromatic hydroxyl groups is 1. The first kappa shape index (κ1) is 25.8. The molecule has 2 aliphatic heterocycles. The van der Waals surface area contributed by atoms with Crippen LogP contribution in [0.2, 0.25) is 0 Å². The molecule has 2 heterocycles. The van der Waals surface area contributed by atoms with Crippen LogP contribution in [0.1, 0.15) is 23.6 Å². The highest BCUT2D eigenvalue weighted by Gasteiger charge is 2.46. The lowest BCUT2D eigenvalue weighted by Crippen LogP contribution is -2.40. The fraction of sp³-hybridized carbons (Fsp3) is 0.207. The number of anilines is 1. The van der Waals surface area contributed by atoms with Gasteiger partial charge < -0.3 is 15.3 Å². The van der Waals surface area contributed by atoms with Crippen molar-refractivity contribution in [2.24, 2.45) is 4.99 Å². The van der Waals surface area contributed by atoms with Crippen LogP contribution in [-0.4, -0.2) is 50.2 Å². The van der Waals surface area contributed by atoms with E-state index in [1.54, 1.807) is 40.9 Å². The molecule has 3 aromatic carbocycles. The van der Waals surface area contributed by atoms with Crippen LogP contribution < -0.4 is 5.32 Å². The van der Waals surface area contributed by atoms with E-state index >= 15 is 0 Å². The smallest absolute Gasteiger partial charge is 0.245 e. The van der Waals surface area contributed by atoms with Gasteiger partial charge in [-0.15, -0.1) is 11.8 Å². The lowest BCUT2D eigenvalue weighted by atomic mass is 10.1. The zero-order valence-electron chi connectivity index (χ0n) is 21.0. The number of hydrogen-bond donors (Lipinski definition) is 2. The van der Waals surface area contributed by atoms with E-state index < -0.39 is 0 Å². The predicted octanol–water partition coefficient (Wildman–Crippen LogP) is 5.83. The molecule has 1 saturated heterocycles. The normalized spacial score (nSPS) is 20.1. The number of carbonyl (C=O) groups excluding carboxylic acids is 1. The van der Waals surface area contributed by atoms with Crippen LogP contribution in [0.4, 0.5) is 11.4 Å². The molecule has 2 atom stereocenters. The number of amidine groups is 1. The Kier molecular flexibility index (Phi) is 7.63. The highest BCUT2D eigenvalue weighted by molar-refractivity contribution is 8.16. The zero-order valence-corrected chi connectivity index (χ0v) is 22.7. The molecule has 2 unspecified atom stereocenters. The van der Waals surface area contributed by atoms with Crippen molar-refractivity contribution in [3.05, 3.63) is 94.9 Å². The summed E-state index contributed by atoms with van der Waals surface area (Å²) >= 11 is 3.08. The number of nitriles is 1. The SMILES string of the molecule is CCNc1ccc(C#N)cc1N=C1SC(C2SC=C(c3ccc(O)cc3)N2C)C(=O)N1Cc1ccccc1. The summed E-state index contributed by atoms with van der Waals surface area (Å²) < 4.78 is 0. The van der Waals surface area contributed by atoms with E-state index in [4.69, 9.17) is 4.99 Å². The summed E-state index contributed by atoms with van der Waals surface area (Å²) in [5.74, 6) is 0.222. The Hall–Kier alpha value is -3.87. The minimum atomic E-state index is -0.375. The molecule has 2 N–H and O–H groups in total. The molecule has 3 aromatic rings. The molecule has 9 heteroatoms. The minimum Gasteiger partial charge on any atom is -0.508 e. The van der Waals surface area contributed by atoms with Crippen molar-refractivity contribution in [2.75, 3.05) is 18.9 Å². The summed E-state index contributed by atoms with van der Waals surface area (Å²) in [4.78, 5) is 22.7. The number of nitrogens with zero attached hydrogens (tertiary/aromatic N) is 4. The summed E-state index contributed by atoms with van der Waals surface area (Å²) in [6.45, 7) is 3.13. The van der Waals surface area contributed by atoms with Crippen LogP contribution >= 0.6 is 23.5 Å². The first-order valence-electron chi connectivity index (χ1n) is 12.2. The number of aliphatic imine (C=N–C) groups is 1. The molecular formula is C29H27N5O2S2. The molecule has 0 aromatic heterocycles. The molecule has 0 bridgehead atoms. The van der Waals surface area contributed by atoms with Crippen LogP contribution in [0.3, 0.4) is 0 Å². The largest absolute Gasteiger partial charge is 0.508 e. The Labute approximate surface area is 230 Å². The molecule has 0 aliphatic carbocycles. The van der Waals surface area contributed by atoms with E-state index in [0.29, 0.717) is 29.5 Å². The fourth-order valence-corrected chi connectivity index (χ4v) is 7.09. The number of hydrogen-bond acceptors (Lipinski definition) is 8. The molecule has 0 radical (unpaired) electrons. The second-order valence-electron chi connectivity index (χ2n) is 8.90. The molecule has 7 nitrogen and oxygen atoms in total. The number of rotatable bonds is 7. The second kappa shape index (κ2) is 11.3. The Morgan fingerprint density at radius 1 is 1.11 bits per heavy atom. The van der Waals surface area contributed by atoms with Crippen molar-refractivity contribution in [3.8, 4) is 11.8 Å². The second-order valence-corrected chi connectivity index (χ2v) is 11.0. The third-order valence-corrected chi connectivity index (χ3v) is 9.00. The van der Waals surface area contributed by atoms with Gasteiger partial charge in [0.25, 0.3) is 0 Å². The maximum absolute atomic E-state index is 13.9. The van der Waals surface area contributed by atoms with Gasteiger partial charge >= 0.3 is 0 Å². The van der Waals surface area contributed by atoms with Crippen LogP contribution in [0.15, 0.2) is 83.2 Å². The Morgan fingerprint density at radius 3 is 2.58 bits per heavy atom. The number of phenols is 1. The van der Waals surface area contributed by atoms with Crippen molar-refractivity contribution in [1.29, 1.82) is 5.26 Å². The van der Waals surface area contributed by atoms with Gasteiger partial charge in [0.1, 0.15) is 16.4 Å². The van der Waals surface area contributed by atoms with Gasteiger partial charge in [0.2, 0.25) is 5.91 Å². The quantitative estimate of drug-likeness (QED) is 0.389. The summed E-state index contributed by atoms with van der Waals surface area (Å²) in [5.41, 5.74) is 4.97. The van der Waals surface area contributed by atoms with Gasteiger partial charge in [0.15, 0.2) is 5.17 Å². The fourth-order valence-electron chi connectivity index (χ4n) is 4.41. The third-order valence-electron chi connectivity index (χ3n) is 6.37. The van der Waals surface area contributed by atoms with E-state index in [1.807, 2.05) is 62.5 Å². The van der Waals surface area contributed by atoms with Gasteiger partial charge in [-0.3, -0.25) is 9.69 Å². The van der Waals surface area contributed by atoms with Crippen molar-refractivity contribution < 1.29 is 9.90 Å². The monoisotopic (exact) mass is 541 g/mol. The molecular weight excluding hydrogens is 514 g/mol. The van der Waals surface area contributed by atoms with Crippen LogP contribution in [0.5, 0.6) is 5.75 Å². The molecule has 1 fully saturated rings. The average molecular weight is 542 g/mol. The number of benzene rings is 3. The number of carbonyl (C=O) groups is 1. The highest BCUT2D eigenvalue weighted by Crippen LogP contribution is 2.45. The average Bonchev–Trinajstić information content (AvgIpc) is 3.45. The van der Waals surface area contributed by atoms with E-state index in [1.165, 1.54) is 11.8 Å². The van der Waals surface area contributed by atoms with Gasteiger partial charge in [-0.2, -0.15) is 5.26 Å². The van der Waals surface area contributed by atoms with Gasteiger partial charge in [-0.25, -0.2) is 4.99 Å². The van der Waals surface area contributed by atoms with Crippen molar-refractivity contribution in [3.63, 3.8) is 0 Å². The molecule has 38 heavy (non-hydrogen) atoms. The van der Waals surface area contributed by atoms with Gasteiger partial charge in [0, 0.05) is 13.6 Å². The maximum Gasteiger partial charge on any atom is 0.245 e. The highest BCUT2D eigenvalue weighted by atomic mass is 32.2. The summed E-state index contributed by atoms with van der Waals surface area (Å²) in [6.07, 6.45) is 0. The molecule has 0 spiro atoms. The molecule has 192 valence electrons. The Morgan fingerprint density at radius 2 is 1.87 bits per heavy atom. The summed E-state index contributed by atoms with van der Waals surface area (Å²) in [7, 11) is 1.99. The first-order valence-corrected chi connectivity index (χ1v) is 14.1. The zero-order chi connectivity index (χ0) is 26.6. The number of phenolic OH excluding ortho intramolecular Hbond substituents is 1. The first-order chi connectivity index (χ1) is 18.5. The summed E-state index contributed by atoms with van der Waals surface area (Å²) in [6, 6.07) is 24.5. The van der Waals surface area contributed by atoms with Crippen LogP contribution in [-0.2, 0) is 11.3 Å². The van der Waals surface area contributed by atoms with E-state index in [2.05, 4.69) is 21.7 Å². The van der Waals surface area contributed by atoms with Gasteiger partial charge in [0.05, 0.1) is 35.2 Å². The Bertz CT molecular complexity index is 1430. The van der Waals surface area contributed by atoms with E-state index in [0.717, 1.165) is 22.5 Å². The molecule has 5 rings (SSSR count). The maximum atomic E-state index is 13.9. The lowest BCUT2D eigenvalue weighted by Gasteiger charge is -2.27. The van der Waals surface area contributed by atoms with E-state index in [-0.39, 0.29) is 22.3 Å². The van der Waals surface area contributed by atoms with Gasteiger partial charge in [-0.05, 0) is 65.9 Å². The van der Waals surface area contributed by atoms with Crippen molar-refractivity contribution >= 4 is 51.7 Å². The standard InChI is InChI=1S/C29H27N5O2S2/c1-3-31-23-14-9-20(16-30)15-24(23)32-29-34(17-19-7-5-4-6-8-19)27(36)26(38-29)28-33(2)25(18-37-28)21-10-12-22(35)13-11-21/h4-15,18,26,28,31,35H,3,17H2,1-2H3. The van der Waals surface area contributed by atoms with Crippen LogP contribution in [0.25, 0.3) is 5.70 Å². The summed E-state index contributed by atoms with van der Waals surface area (Å²) in [5, 5.41) is 24.6. The van der Waals surface area contributed by atoms with Gasteiger partial charge in [-0.1, -0.05) is 42.1 Å². The topological polar surface area (TPSA) is 92.0 Å². The number of thioether (sulfide) groups is 2. The molecule has 1 amide bonds. The third kappa shape index (κ3) is 5.23. The molecule has 2 aliphatic rings. The van der Waals surface area contributed by atoms with E-state index in [9.17, 15) is 15.2 Å².